The van der Waals surface area contributed by atoms with Crippen molar-refractivity contribution in [1.82, 2.24) is 0 Å². The van der Waals surface area contributed by atoms with Crippen molar-refractivity contribution in [2.75, 3.05) is 0 Å². The molecule has 2 aromatic rings. The molecule has 8 heteroatoms. The Kier molecular flexibility index (Phi) is 7.40. The van der Waals surface area contributed by atoms with Gasteiger partial charge in [0.15, 0.2) is 0 Å². The summed E-state index contributed by atoms with van der Waals surface area (Å²) in [6.45, 7) is 25.6. The van der Waals surface area contributed by atoms with Crippen molar-refractivity contribution in [1.29, 1.82) is 0 Å². The molecular formula is C30H38B2O4W2-2. The molecule has 0 atom stereocenters. The van der Waals surface area contributed by atoms with Crippen LogP contribution in [0.15, 0.2) is 36.4 Å². The number of rotatable bonds is 2. The predicted molar refractivity (Wildman–Crippen MR) is 146 cm³/mol. The van der Waals surface area contributed by atoms with Crippen LogP contribution in [-0.4, -0.2) is 36.6 Å². The third kappa shape index (κ3) is 4.35. The van der Waals surface area contributed by atoms with E-state index in [1.807, 2.05) is 0 Å². The second-order valence-corrected chi connectivity index (χ2v) is 13.7. The van der Waals surface area contributed by atoms with Crippen molar-refractivity contribution >= 4 is 25.2 Å². The van der Waals surface area contributed by atoms with Crippen molar-refractivity contribution in [3.05, 3.63) is 61.4 Å². The molecule has 202 valence electrons. The van der Waals surface area contributed by atoms with E-state index in [1.54, 1.807) is 0 Å². The van der Waals surface area contributed by atoms with Crippen LogP contribution in [0.3, 0.4) is 0 Å². The Morgan fingerprint density at radius 3 is 1.18 bits per heavy atom. The molecule has 0 bridgehead atoms. The molecule has 1 saturated carbocycles. The molecule has 2 aliphatic heterocycles. The van der Waals surface area contributed by atoms with Crippen molar-refractivity contribution in [3.8, 4) is 11.1 Å². The maximum absolute atomic E-state index is 6.39. The van der Waals surface area contributed by atoms with Crippen LogP contribution in [0.4, 0.5) is 0 Å². The zero-order valence-corrected chi connectivity index (χ0v) is 29.8. The van der Waals surface area contributed by atoms with Gasteiger partial charge >= 0.3 is 14.2 Å². The predicted octanol–water partition coefficient (Wildman–Crippen LogP) is 4.99. The zero-order chi connectivity index (χ0) is 26.1. The summed E-state index contributed by atoms with van der Waals surface area (Å²) in [4.78, 5) is 0. The molecule has 0 aromatic heterocycles. The first-order chi connectivity index (χ1) is 16.5. The van der Waals surface area contributed by atoms with Crippen molar-refractivity contribution in [2.45, 2.75) is 96.1 Å². The number of fused-ring (bicyclic) bond motifs is 5. The van der Waals surface area contributed by atoms with E-state index in [1.165, 1.54) is 22.3 Å². The summed E-state index contributed by atoms with van der Waals surface area (Å²) < 4.78 is 25.6. The van der Waals surface area contributed by atoms with Gasteiger partial charge in [0, 0.05) is 47.5 Å². The minimum absolute atomic E-state index is 0. The molecule has 2 saturated heterocycles. The molecule has 4 aliphatic rings. The molecule has 2 heterocycles. The Morgan fingerprint density at radius 2 is 0.895 bits per heavy atom. The van der Waals surface area contributed by atoms with Gasteiger partial charge in [0.2, 0.25) is 0 Å². The molecular weight excluding hydrogens is 814 g/mol. The Hall–Kier alpha value is -0.214. The fraction of sp³-hybridized carbons (Fsp3) is 0.533. The van der Waals surface area contributed by atoms with Crippen LogP contribution >= 0.6 is 0 Å². The van der Waals surface area contributed by atoms with Gasteiger partial charge in [0.05, 0.1) is 22.4 Å². The fourth-order valence-electron chi connectivity index (χ4n) is 6.39. The summed E-state index contributed by atoms with van der Waals surface area (Å²) in [6, 6.07) is 13.4. The third-order valence-electron chi connectivity index (χ3n) is 9.81. The van der Waals surface area contributed by atoms with E-state index < -0.39 is 0 Å². The molecule has 2 aromatic carbocycles. The quantitative estimate of drug-likeness (QED) is 0.316. The Morgan fingerprint density at radius 1 is 0.579 bits per heavy atom. The smallest absolute Gasteiger partial charge is 0.399 e. The van der Waals surface area contributed by atoms with Crippen LogP contribution in [0.5, 0.6) is 0 Å². The summed E-state index contributed by atoms with van der Waals surface area (Å²) in [5, 5.41) is 0. The maximum Gasteiger partial charge on any atom is 0.494 e. The van der Waals surface area contributed by atoms with Gasteiger partial charge in [-0.05, 0) is 88.6 Å². The SMILES string of the molecule is [CH2-]C1([CH2-])CC2(C1)c1cc(B3OC(C)(C)C(C)(C)O3)ccc1-c1ccc(B3OC(C)(C)C(C)(C)O3)cc12.[W].[W]. The standard InChI is InChI=1S/C30H38B2O4.2W/c1-25(2)17-30(18-25)23-15-19(31-33-26(3,4)27(5,6)34-31)11-13-21(23)22-14-12-20(16-24(22)30)32-35-28(7,8)29(9,10)36-32;;/h11-16H,1-2,17-18H2,3-10H3;;/q-2;;. The first-order valence-corrected chi connectivity index (χ1v) is 13.2. The summed E-state index contributed by atoms with van der Waals surface area (Å²) in [5.41, 5.74) is 5.55. The van der Waals surface area contributed by atoms with Gasteiger partial charge < -0.3 is 32.5 Å². The van der Waals surface area contributed by atoms with Crippen molar-refractivity contribution < 1.29 is 60.7 Å². The topological polar surface area (TPSA) is 36.9 Å². The molecule has 3 fully saturated rings. The Bertz CT molecular complexity index is 1140. The average Bonchev–Trinajstić information content (AvgIpc) is 3.22. The van der Waals surface area contributed by atoms with Crippen LogP contribution in [0, 0.1) is 19.3 Å². The average molecular weight is 852 g/mol. The van der Waals surface area contributed by atoms with E-state index in [4.69, 9.17) is 18.6 Å². The molecule has 6 rings (SSSR count). The van der Waals surface area contributed by atoms with E-state index in [0.29, 0.717) is 0 Å². The third-order valence-corrected chi connectivity index (χ3v) is 9.81. The van der Waals surface area contributed by atoms with Gasteiger partial charge in [-0.3, -0.25) is 5.41 Å². The van der Waals surface area contributed by atoms with Crippen LogP contribution in [0.1, 0.15) is 79.4 Å². The van der Waals surface area contributed by atoms with Gasteiger partial charge in [-0.25, -0.2) is 0 Å². The van der Waals surface area contributed by atoms with Crippen molar-refractivity contribution in [3.63, 3.8) is 0 Å². The minimum Gasteiger partial charge on any atom is -0.399 e. The van der Waals surface area contributed by atoms with E-state index in [9.17, 15) is 0 Å². The van der Waals surface area contributed by atoms with E-state index >= 15 is 0 Å². The summed E-state index contributed by atoms with van der Waals surface area (Å²) in [7, 11) is -0.767. The molecule has 4 nitrogen and oxygen atoms in total. The molecule has 38 heavy (non-hydrogen) atoms. The number of hydrogen-bond acceptors (Lipinski definition) is 4. The Balaban J connectivity index is 0.00000168. The molecule has 1 spiro atoms. The first kappa shape index (κ1) is 30.7. The summed E-state index contributed by atoms with van der Waals surface area (Å²) in [6.07, 6.45) is 1.80. The van der Waals surface area contributed by atoms with Crippen LogP contribution in [0.25, 0.3) is 11.1 Å². The minimum atomic E-state index is -0.384. The second-order valence-electron chi connectivity index (χ2n) is 13.7. The van der Waals surface area contributed by atoms with Gasteiger partial charge in [-0.2, -0.15) is 0 Å². The number of hydrogen-bond donors (Lipinski definition) is 0. The number of benzene rings is 2. The van der Waals surface area contributed by atoms with Crippen LogP contribution in [-0.2, 0) is 66.2 Å². The van der Waals surface area contributed by atoms with Gasteiger partial charge in [-0.15, -0.1) is 0 Å². The summed E-state index contributed by atoms with van der Waals surface area (Å²) >= 11 is 0. The van der Waals surface area contributed by atoms with Crippen molar-refractivity contribution in [2.24, 2.45) is 5.41 Å². The molecule has 0 unspecified atom stereocenters. The van der Waals surface area contributed by atoms with E-state index in [-0.39, 0.29) is 89.6 Å². The van der Waals surface area contributed by atoms with Gasteiger partial charge in [-0.1, -0.05) is 49.2 Å². The summed E-state index contributed by atoms with van der Waals surface area (Å²) in [5.74, 6) is 0. The molecule has 0 amide bonds. The van der Waals surface area contributed by atoms with E-state index in [0.717, 1.165) is 23.8 Å². The molecule has 0 radical (unpaired) electrons. The molecule has 0 N–H and O–H groups in total. The largest absolute Gasteiger partial charge is 0.494 e. The van der Waals surface area contributed by atoms with Gasteiger partial charge in [0.25, 0.3) is 0 Å². The van der Waals surface area contributed by atoms with Crippen LogP contribution in [0.2, 0.25) is 0 Å². The zero-order valence-electron chi connectivity index (χ0n) is 23.9. The second kappa shape index (κ2) is 9.14. The maximum atomic E-state index is 6.39. The van der Waals surface area contributed by atoms with E-state index in [2.05, 4.69) is 106 Å². The first-order valence-electron chi connectivity index (χ1n) is 13.2. The van der Waals surface area contributed by atoms with Crippen LogP contribution < -0.4 is 10.9 Å². The van der Waals surface area contributed by atoms with Gasteiger partial charge in [0.1, 0.15) is 0 Å². The Labute approximate surface area is 258 Å². The molecule has 2 aliphatic carbocycles. The normalized spacial score (nSPS) is 25.7. The monoisotopic (exact) mass is 852 g/mol. The fourth-order valence-corrected chi connectivity index (χ4v) is 6.39.